The fourth-order valence-corrected chi connectivity index (χ4v) is 4.18. The van der Waals surface area contributed by atoms with Crippen LogP contribution in [0.1, 0.15) is 44.1 Å². The second kappa shape index (κ2) is 10.4. The van der Waals surface area contributed by atoms with Gasteiger partial charge in [0, 0.05) is 17.6 Å². The van der Waals surface area contributed by atoms with E-state index in [0.29, 0.717) is 35.0 Å². The van der Waals surface area contributed by atoms with E-state index in [9.17, 15) is 15.4 Å². The zero-order chi connectivity index (χ0) is 21.3. The summed E-state index contributed by atoms with van der Waals surface area (Å²) in [5.41, 5.74) is 0.917. The van der Waals surface area contributed by atoms with E-state index in [1.807, 2.05) is 36.4 Å². The van der Waals surface area contributed by atoms with Gasteiger partial charge in [-0.3, -0.25) is 10.1 Å². The lowest BCUT2D eigenvalue weighted by Gasteiger charge is -2.29. The number of benzene rings is 2. The molecule has 1 atom stereocenters. The normalized spacial score (nSPS) is 15.8. The van der Waals surface area contributed by atoms with Crippen molar-refractivity contribution < 1.29 is 9.66 Å². The number of hydrogen-bond donors (Lipinski definition) is 0. The van der Waals surface area contributed by atoms with Gasteiger partial charge in [0.05, 0.1) is 16.6 Å². The van der Waals surface area contributed by atoms with Crippen molar-refractivity contribution in [3.05, 3.63) is 82.4 Å². The first kappa shape index (κ1) is 21.3. The number of rotatable bonds is 8. The molecule has 1 aliphatic rings. The number of ether oxygens (including phenoxy) is 1. The lowest BCUT2D eigenvalue weighted by molar-refractivity contribution is -0.385. The van der Waals surface area contributed by atoms with Gasteiger partial charge in [-0.05, 0) is 55.5 Å². The molecular weight excluding hydrogens is 376 g/mol. The first-order valence-corrected chi connectivity index (χ1v) is 10.4. The van der Waals surface area contributed by atoms with Crippen LogP contribution in [0, 0.1) is 33.3 Å². The van der Waals surface area contributed by atoms with Crippen LogP contribution in [0.15, 0.2) is 66.8 Å². The largest absolute Gasteiger partial charge is 0.457 e. The maximum absolute atomic E-state index is 11.6. The third kappa shape index (κ3) is 5.36. The van der Waals surface area contributed by atoms with E-state index >= 15 is 0 Å². The number of allylic oxidation sites excluding steroid dienone is 2. The molecule has 0 aromatic heterocycles. The number of nitriles is 1. The maximum atomic E-state index is 11.6. The highest BCUT2D eigenvalue weighted by Gasteiger charge is 2.27. The topological polar surface area (TPSA) is 76.2 Å². The van der Waals surface area contributed by atoms with Gasteiger partial charge in [-0.15, -0.1) is 6.58 Å². The first-order chi connectivity index (χ1) is 14.6. The minimum atomic E-state index is -0.420. The summed E-state index contributed by atoms with van der Waals surface area (Å²) < 4.78 is 5.84. The maximum Gasteiger partial charge on any atom is 0.276 e. The molecule has 3 rings (SSSR count). The van der Waals surface area contributed by atoms with Gasteiger partial charge in [-0.1, -0.05) is 43.5 Å². The summed E-state index contributed by atoms with van der Waals surface area (Å²) in [5, 5.41) is 21.5. The van der Waals surface area contributed by atoms with Crippen LogP contribution in [0.3, 0.4) is 0 Å². The fraction of sp³-hybridized carbons (Fsp3) is 0.320. The highest BCUT2D eigenvalue weighted by molar-refractivity contribution is 5.67. The monoisotopic (exact) mass is 402 g/mol. The fourth-order valence-electron chi connectivity index (χ4n) is 4.18. The molecule has 5 nitrogen and oxygen atoms in total. The van der Waals surface area contributed by atoms with Gasteiger partial charge in [0.15, 0.2) is 0 Å². The van der Waals surface area contributed by atoms with Crippen molar-refractivity contribution in [2.45, 2.75) is 38.5 Å². The van der Waals surface area contributed by atoms with Crippen LogP contribution in [0.25, 0.3) is 6.08 Å². The molecule has 154 valence electrons. The highest BCUT2D eigenvalue weighted by Crippen LogP contribution is 2.38. The van der Waals surface area contributed by atoms with Crippen molar-refractivity contribution in [2.24, 2.45) is 11.8 Å². The summed E-state index contributed by atoms with van der Waals surface area (Å²) in [6.45, 7) is 3.86. The Bertz CT molecular complexity index is 954. The molecule has 2 aromatic rings. The zero-order valence-electron chi connectivity index (χ0n) is 17.0. The van der Waals surface area contributed by atoms with Crippen LogP contribution in [0.2, 0.25) is 0 Å². The van der Waals surface area contributed by atoms with Gasteiger partial charge in [0.1, 0.15) is 11.5 Å². The average molecular weight is 402 g/mol. The van der Waals surface area contributed by atoms with Crippen LogP contribution in [-0.4, -0.2) is 4.92 Å². The molecule has 0 radical (unpaired) electrons. The Morgan fingerprint density at radius 3 is 2.57 bits per heavy atom. The number of hydrogen-bond acceptors (Lipinski definition) is 4. The Morgan fingerprint density at radius 1 is 1.20 bits per heavy atom. The van der Waals surface area contributed by atoms with Crippen molar-refractivity contribution in [3.8, 4) is 17.6 Å². The summed E-state index contributed by atoms with van der Waals surface area (Å²) in [6.07, 6.45) is 9.92. The van der Waals surface area contributed by atoms with E-state index in [4.69, 9.17) is 4.74 Å². The summed E-state index contributed by atoms with van der Waals surface area (Å²) in [7, 11) is 0. The van der Waals surface area contributed by atoms with Crippen LogP contribution < -0.4 is 4.74 Å². The second-order valence-electron chi connectivity index (χ2n) is 7.63. The lowest BCUT2D eigenvalue weighted by Crippen LogP contribution is -2.19. The van der Waals surface area contributed by atoms with Crippen LogP contribution in [0.5, 0.6) is 11.5 Å². The second-order valence-corrected chi connectivity index (χ2v) is 7.63. The van der Waals surface area contributed by atoms with Crippen LogP contribution in [0.4, 0.5) is 5.69 Å². The summed E-state index contributed by atoms with van der Waals surface area (Å²) >= 11 is 0. The molecule has 1 fully saturated rings. The minimum absolute atomic E-state index is 0.0334. The molecule has 0 amide bonds. The SMILES string of the molecule is C=CC[C@H](C(C#N)=Cc1cc(Oc2ccccc2)ccc1[N+](=O)[O-])C1CCCCC1. The number of para-hydroxylation sites is 1. The van der Waals surface area contributed by atoms with Crippen molar-refractivity contribution in [1.29, 1.82) is 5.26 Å². The van der Waals surface area contributed by atoms with Gasteiger partial charge in [-0.25, -0.2) is 0 Å². The molecular formula is C25H26N2O3. The van der Waals surface area contributed by atoms with Crippen molar-refractivity contribution in [1.82, 2.24) is 0 Å². The lowest BCUT2D eigenvalue weighted by atomic mass is 9.75. The Kier molecular flexibility index (Phi) is 7.40. The molecule has 0 N–H and O–H groups in total. The van der Waals surface area contributed by atoms with E-state index in [1.165, 1.54) is 12.5 Å². The van der Waals surface area contributed by atoms with E-state index in [1.54, 1.807) is 18.2 Å². The highest BCUT2D eigenvalue weighted by atomic mass is 16.6. The minimum Gasteiger partial charge on any atom is -0.457 e. The summed E-state index contributed by atoms with van der Waals surface area (Å²) in [6, 6.07) is 16.2. The van der Waals surface area contributed by atoms with Gasteiger partial charge < -0.3 is 4.74 Å². The number of nitrogens with zero attached hydrogens (tertiary/aromatic N) is 2. The van der Waals surface area contributed by atoms with Gasteiger partial charge in [-0.2, -0.15) is 5.26 Å². The van der Waals surface area contributed by atoms with Gasteiger partial charge in [0.2, 0.25) is 0 Å². The smallest absolute Gasteiger partial charge is 0.276 e. The molecule has 0 saturated heterocycles. The Hall–Kier alpha value is -3.39. The number of nitro groups is 1. The standard InChI is InChI=1S/C25H26N2O3/c1-2-9-24(19-10-5-3-6-11-19)21(18-26)16-20-17-23(14-15-25(20)27(28)29)30-22-12-7-4-8-13-22/h2,4,7-8,12-17,19,24H,1,3,5-6,9-11H2/t24-/m0/s1. The predicted molar refractivity (Wildman–Crippen MR) is 118 cm³/mol. The molecule has 0 aliphatic heterocycles. The van der Waals surface area contributed by atoms with E-state index in [2.05, 4.69) is 12.6 Å². The first-order valence-electron chi connectivity index (χ1n) is 10.4. The summed E-state index contributed by atoms with van der Waals surface area (Å²) in [5.74, 6) is 1.58. The van der Waals surface area contributed by atoms with Gasteiger partial charge in [0.25, 0.3) is 5.69 Å². The van der Waals surface area contributed by atoms with Crippen LogP contribution in [-0.2, 0) is 0 Å². The third-order valence-corrected chi connectivity index (χ3v) is 5.65. The Labute approximate surface area is 177 Å². The van der Waals surface area contributed by atoms with Crippen molar-refractivity contribution in [3.63, 3.8) is 0 Å². The van der Waals surface area contributed by atoms with E-state index < -0.39 is 4.92 Å². The molecule has 30 heavy (non-hydrogen) atoms. The Balaban J connectivity index is 1.98. The van der Waals surface area contributed by atoms with Crippen LogP contribution >= 0.6 is 0 Å². The molecule has 2 aromatic carbocycles. The molecule has 0 spiro atoms. The average Bonchev–Trinajstić information content (AvgIpc) is 2.77. The predicted octanol–water partition coefficient (Wildman–Crippen LogP) is 7.07. The van der Waals surface area contributed by atoms with Crippen molar-refractivity contribution >= 4 is 11.8 Å². The molecule has 1 saturated carbocycles. The molecule has 0 heterocycles. The number of nitro benzene ring substituents is 1. The molecule has 0 unspecified atom stereocenters. The zero-order valence-corrected chi connectivity index (χ0v) is 17.0. The quantitative estimate of drug-likeness (QED) is 0.205. The third-order valence-electron chi connectivity index (χ3n) is 5.65. The molecule has 1 aliphatic carbocycles. The van der Waals surface area contributed by atoms with Crippen molar-refractivity contribution in [2.75, 3.05) is 0 Å². The molecule has 0 bridgehead atoms. The summed E-state index contributed by atoms with van der Waals surface area (Å²) in [4.78, 5) is 11.2. The van der Waals surface area contributed by atoms with E-state index in [-0.39, 0.29) is 11.6 Å². The van der Waals surface area contributed by atoms with Gasteiger partial charge >= 0.3 is 0 Å². The Morgan fingerprint density at radius 2 is 1.93 bits per heavy atom. The molecule has 5 heteroatoms. The van der Waals surface area contributed by atoms with E-state index in [0.717, 1.165) is 25.7 Å².